The van der Waals surface area contributed by atoms with Gasteiger partial charge in [-0.1, -0.05) is 6.92 Å². The van der Waals surface area contributed by atoms with Crippen LogP contribution in [0.2, 0.25) is 0 Å². The van der Waals surface area contributed by atoms with Gasteiger partial charge in [-0.15, -0.1) is 11.8 Å². The number of nitrogens with zero attached hydrogens (tertiary/aromatic N) is 2. The van der Waals surface area contributed by atoms with Crippen LogP contribution in [-0.4, -0.2) is 22.1 Å². The fraction of sp³-hybridized carbons (Fsp3) is 0.700. The summed E-state index contributed by atoms with van der Waals surface area (Å²) in [5, 5.41) is 8.36. The van der Waals surface area contributed by atoms with Crippen LogP contribution >= 0.6 is 11.8 Å². The highest BCUT2D eigenvalue weighted by Gasteiger charge is 2.22. The third-order valence-electron chi connectivity index (χ3n) is 2.53. The molecule has 78 valence electrons. The number of hydrogen-bond acceptors (Lipinski definition) is 3. The Morgan fingerprint density at radius 2 is 2.43 bits per heavy atom. The normalized spacial score (nSPS) is 27.9. The molecule has 0 aromatic carbocycles. The maximum absolute atomic E-state index is 4.37. The van der Waals surface area contributed by atoms with Crippen molar-refractivity contribution in [2.75, 3.05) is 12.3 Å². The van der Waals surface area contributed by atoms with Crippen molar-refractivity contribution in [3.05, 3.63) is 17.5 Å². The van der Waals surface area contributed by atoms with Crippen LogP contribution in [0.25, 0.3) is 0 Å². The summed E-state index contributed by atoms with van der Waals surface area (Å²) >= 11 is 1.99. The number of rotatable bonds is 1. The van der Waals surface area contributed by atoms with Crippen molar-refractivity contribution in [1.82, 2.24) is 15.1 Å². The van der Waals surface area contributed by atoms with Crippen molar-refractivity contribution in [2.45, 2.75) is 19.2 Å². The van der Waals surface area contributed by atoms with Crippen LogP contribution in [0.3, 0.4) is 0 Å². The molecular weight excluding hydrogens is 194 g/mol. The molecule has 3 nitrogen and oxygen atoms in total. The number of aryl methyl sites for hydroxylation is 2. The lowest BCUT2D eigenvalue weighted by molar-refractivity contribution is 0.528. The van der Waals surface area contributed by atoms with E-state index in [1.165, 1.54) is 11.3 Å². The highest BCUT2D eigenvalue weighted by Crippen LogP contribution is 2.32. The van der Waals surface area contributed by atoms with E-state index in [2.05, 4.69) is 30.5 Å². The van der Waals surface area contributed by atoms with Crippen LogP contribution in [0.15, 0.2) is 6.20 Å². The SMILES string of the molecule is Cc1nn(C)cc1C1NCC(C)CS1. The quantitative estimate of drug-likeness (QED) is 0.767. The van der Waals surface area contributed by atoms with Crippen LogP contribution in [-0.2, 0) is 7.05 Å². The molecular formula is C10H17N3S. The van der Waals surface area contributed by atoms with Gasteiger partial charge in [0.25, 0.3) is 0 Å². The molecule has 1 aromatic heterocycles. The third kappa shape index (κ3) is 1.96. The molecule has 0 amide bonds. The van der Waals surface area contributed by atoms with Crippen molar-refractivity contribution >= 4 is 11.8 Å². The zero-order valence-corrected chi connectivity index (χ0v) is 9.77. The first-order valence-corrected chi connectivity index (χ1v) is 6.07. The molecule has 0 aliphatic carbocycles. The first-order valence-electron chi connectivity index (χ1n) is 5.02. The standard InChI is InChI=1S/C10H17N3S/c1-7-4-11-10(14-6-7)9-5-13(3)12-8(9)2/h5,7,10-11H,4,6H2,1-3H3. The molecule has 1 aliphatic heterocycles. The Kier molecular flexibility index (Phi) is 2.83. The van der Waals surface area contributed by atoms with E-state index in [4.69, 9.17) is 0 Å². The van der Waals surface area contributed by atoms with Gasteiger partial charge in [0, 0.05) is 18.8 Å². The fourth-order valence-electron chi connectivity index (χ4n) is 1.76. The molecule has 1 saturated heterocycles. The molecule has 2 rings (SSSR count). The predicted molar refractivity (Wildman–Crippen MR) is 60.3 cm³/mol. The highest BCUT2D eigenvalue weighted by molar-refractivity contribution is 7.99. The van der Waals surface area contributed by atoms with E-state index >= 15 is 0 Å². The molecule has 0 spiro atoms. The van der Waals surface area contributed by atoms with E-state index in [0.29, 0.717) is 5.37 Å². The summed E-state index contributed by atoms with van der Waals surface area (Å²) < 4.78 is 1.89. The minimum Gasteiger partial charge on any atom is -0.301 e. The topological polar surface area (TPSA) is 29.9 Å². The Labute approximate surface area is 89.3 Å². The van der Waals surface area contributed by atoms with Gasteiger partial charge in [0.05, 0.1) is 11.1 Å². The molecule has 1 aliphatic rings. The zero-order valence-electron chi connectivity index (χ0n) is 8.95. The Balaban J connectivity index is 2.11. The Morgan fingerprint density at radius 1 is 1.64 bits per heavy atom. The highest BCUT2D eigenvalue weighted by atomic mass is 32.2. The largest absolute Gasteiger partial charge is 0.301 e. The van der Waals surface area contributed by atoms with Gasteiger partial charge in [0.15, 0.2) is 0 Å². The maximum atomic E-state index is 4.37. The van der Waals surface area contributed by atoms with E-state index in [9.17, 15) is 0 Å². The summed E-state index contributed by atoms with van der Waals surface area (Å²) in [7, 11) is 1.98. The summed E-state index contributed by atoms with van der Waals surface area (Å²) in [5.41, 5.74) is 2.48. The molecule has 4 heteroatoms. The number of aromatic nitrogens is 2. The summed E-state index contributed by atoms with van der Waals surface area (Å²) in [4.78, 5) is 0. The molecule has 0 bridgehead atoms. The van der Waals surface area contributed by atoms with E-state index in [-0.39, 0.29) is 0 Å². The lowest BCUT2D eigenvalue weighted by Crippen LogP contribution is -2.31. The lowest BCUT2D eigenvalue weighted by Gasteiger charge is -2.27. The first-order chi connectivity index (χ1) is 6.66. The van der Waals surface area contributed by atoms with Crippen molar-refractivity contribution in [1.29, 1.82) is 0 Å². The molecule has 0 radical (unpaired) electrons. The van der Waals surface area contributed by atoms with Crippen molar-refractivity contribution in [3.8, 4) is 0 Å². The number of thioether (sulfide) groups is 1. The minimum atomic E-state index is 0.444. The van der Waals surface area contributed by atoms with Gasteiger partial charge in [-0.05, 0) is 25.1 Å². The monoisotopic (exact) mass is 211 g/mol. The second kappa shape index (κ2) is 3.95. The van der Waals surface area contributed by atoms with Gasteiger partial charge in [0.2, 0.25) is 0 Å². The molecule has 0 saturated carbocycles. The van der Waals surface area contributed by atoms with E-state index < -0.39 is 0 Å². The smallest absolute Gasteiger partial charge is 0.0822 e. The van der Waals surface area contributed by atoms with Gasteiger partial charge >= 0.3 is 0 Å². The lowest BCUT2D eigenvalue weighted by atomic mass is 10.2. The van der Waals surface area contributed by atoms with E-state index in [0.717, 1.165) is 18.2 Å². The average molecular weight is 211 g/mol. The van der Waals surface area contributed by atoms with Crippen molar-refractivity contribution in [2.24, 2.45) is 13.0 Å². The summed E-state index contributed by atoms with van der Waals surface area (Å²) in [6.45, 7) is 5.48. The van der Waals surface area contributed by atoms with E-state index in [1.54, 1.807) is 0 Å². The van der Waals surface area contributed by atoms with Gasteiger partial charge in [0.1, 0.15) is 0 Å². The van der Waals surface area contributed by atoms with Crippen molar-refractivity contribution < 1.29 is 0 Å². The Morgan fingerprint density at radius 3 is 2.93 bits per heavy atom. The van der Waals surface area contributed by atoms with Crippen molar-refractivity contribution in [3.63, 3.8) is 0 Å². The Bertz CT molecular complexity index is 313. The fourth-order valence-corrected chi connectivity index (χ4v) is 3.03. The first kappa shape index (κ1) is 10.1. The van der Waals surface area contributed by atoms with Gasteiger partial charge < -0.3 is 5.32 Å². The van der Waals surface area contributed by atoms with E-state index in [1.807, 2.05) is 23.5 Å². The second-order valence-corrected chi connectivity index (χ2v) is 5.21. The summed E-state index contributed by atoms with van der Waals surface area (Å²) in [5.74, 6) is 2.03. The maximum Gasteiger partial charge on any atom is 0.0822 e. The molecule has 1 fully saturated rings. The zero-order chi connectivity index (χ0) is 10.1. The van der Waals surface area contributed by atoms with Gasteiger partial charge in [-0.2, -0.15) is 5.10 Å². The van der Waals surface area contributed by atoms with Crippen LogP contribution in [0.5, 0.6) is 0 Å². The summed E-state index contributed by atoms with van der Waals surface area (Å²) in [6.07, 6.45) is 2.12. The number of hydrogen-bond donors (Lipinski definition) is 1. The van der Waals surface area contributed by atoms with Crippen LogP contribution < -0.4 is 5.32 Å². The third-order valence-corrected chi connectivity index (χ3v) is 4.05. The molecule has 1 N–H and O–H groups in total. The summed E-state index contributed by atoms with van der Waals surface area (Å²) in [6, 6.07) is 0. The van der Waals surface area contributed by atoms with Crippen LogP contribution in [0.4, 0.5) is 0 Å². The van der Waals surface area contributed by atoms with Gasteiger partial charge in [-0.25, -0.2) is 0 Å². The van der Waals surface area contributed by atoms with Crippen LogP contribution in [0.1, 0.15) is 23.6 Å². The van der Waals surface area contributed by atoms with Gasteiger partial charge in [-0.3, -0.25) is 4.68 Å². The second-order valence-electron chi connectivity index (χ2n) is 4.07. The average Bonchev–Trinajstić information content (AvgIpc) is 2.47. The van der Waals surface area contributed by atoms with Crippen LogP contribution in [0, 0.1) is 12.8 Å². The molecule has 2 heterocycles. The number of nitrogens with one attached hydrogen (secondary N) is 1. The molecule has 14 heavy (non-hydrogen) atoms. The molecule has 2 atom stereocenters. The molecule has 2 unspecified atom stereocenters. The molecule has 1 aromatic rings. The minimum absolute atomic E-state index is 0.444. The Hall–Kier alpha value is -0.480. The predicted octanol–water partition coefficient (Wildman–Crippen LogP) is 1.70.